The summed E-state index contributed by atoms with van der Waals surface area (Å²) < 4.78 is 40.2. The molecule has 0 saturated carbocycles. The molecule has 0 unspecified atom stereocenters. The summed E-state index contributed by atoms with van der Waals surface area (Å²) in [6.07, 6.45) is 1.05. The third-order valence-corrected chi connectivity index (χ3v) is 4.57. The molecule has 1 N–H and O–H groups in total. The molecule has 1 aromatic rings. The minimum atomic E-state index is -3.56. The number of amides is 1. The van der Waals surface area contributed by atoms with Gasteiger partial charge >= 0.3 is 0 Å². The minimum Gasteiger partial charge on any atom is -0.493 e. The van der Waals surface area contributed by atoms with Gasteiger partial charge in [-0.3, -0.25) is 9.10 Å². The first kappa shape index (κ1) is 20.0. The summed E-state index contributed by atoms with van der Waals surface area (Å²) in [5.74, 6) is 0.211. The first-order valence-corrected chi connectivity index (χ1v) is 9.00. The molecule has 0 fully saturated rings. The quantitative estimate of drug-likeness (QED) is 0.739. The highest BCUT2D eigenvalue weighted by Gasteiger charge is 2.24. The lowest BCUT2D eigenvalue weighted by Gasteiger charge is -2.23. The summed E-state index contributed by atoms with van der Waals surface area (Å²) in [6.45, 7) is 2.11. The maximum atomic E-state index is 12.6. The lowest BCUT2D eigenvalue weighted by Crippen LogP contribution is -2.37. The van der Waals surface area contributed by atoms with Gasteiger partial charge in [-0.2, -0.15) is 0 Å². The Labute approximate surface area is 142 Å². The van der Waals surface area contributed by atoms with Crippen molar-refractivity contribution in [3.8, 4) is 11.5 Å². The van der Waals surface area contributed by atoms with Crippen molar-refractivity contribution in [2.75, 3.05) is 45.5 Å². The second-order valence-corrected chi connectivity index (χ2v) is 7.30. The first-order valence-electron chi connectivity index (χ1n) is 7.15. The highest BCUT2D eigenvalue weighted by Crippen LogP contribution is 2.35. The number of benzene rings is 1. The zero-order valence-corrected chi connectivity index (χ0v) is 15.6. The van der Waals surface area contributed by atoms with Crippen LogP contribution in [0.5, 0.6) is 11.5 Å². The number of rotatable bonds is 8. The van der Waals surface area contributed by atoms with Gasteiger partial charge in [0.15, 0.2) is 11.5 Å². The van der Waals surface area contributed by atoms with Crippen LogP contribution < -0.4 is 19.1 Å². The topological polar surface area (TPSA) is 94.2 Å². The van der Waals surface area contributed by atoms with Gasteiger partial charge in [-0.25, -0.2) is 8.42 Å². The Morgan fingerprint density at radius 1 is 1.21 bits per heavy atom. The average molecular weight is 360 g/mol. The van der Waals surface area contributed by atoms with E-state index in [2.05, 4.69) is 5.32 Å². The largest absolute Gasteiger partial charge is 0.493 e. The van der Waals surface area contributed by atoms with Crippen molar-refractivity contribution in [1.82, 2.24) is 5.32 Å². The Bertz CT molecular complexity index is 689. The first-order chi connectivity index (χ1) is 11.1. The third kappa shape index (κ3) is 4.75. The van der Waals surface area contributed by atoms with E-state index >= 15 is 0 Å². The molecule has 0 saturated heterocycles. The fraction of sp³-hybridized carbons (Fsp3) is 0.533. The fourth-order valence-corrected chi connectivity index (χ4v) is 2.59. The van der Waals surface area contributed by atoms with Crippen LogP contribution in [0.3, 0.4) is 0 Å². The SMILES string of the molecule is COC[C@@H](C)NC(=O)c1cc(OC)c(OC)cc1N(C)S(C)(=O)=O. The van der Waals surface area contributed by atoms with Gasteiger partial charge < -0.3 is 19.5 Å². The van der Waals surface area contributed by atoms with Gasteiger partial charge in [0.05, 0.1) is 38.3 Å². The number of methoxy groups -OCH3 is 3. The molecule has 1 rings (SSSR count). The van der Waals surface area contributed by atoms with Crippen molar-refractivity contribution >= 4 is 21.6 Å². The van der Waals surface area contributed by atoms with Crippen molar-refractivity contribution in [2.45, 2.75) is 13.0 Å². The molecular formula is C15H24N2O6S. The Balaban J connectivity index is 3.41. The lowest BCUT2D eigenvalue weighted by molar-refractivity contribution is 0.0906. The van der Waals surface area contributed by atoms with E-state index < -0.39 is 15.9 Å². The molecule has 1 amide bonds. The second kappa shape index (κ2) is 8.20. The molecule has 1 atom stereocenters. The van der Waals surface area contributed by atoms with Crippen LogP contribution in [0.25, 0.3) is 0 Å². The zero-order chi connectivity index (χ0) is 18.5. The number of hydrogen-bond acceptors (Lipinski definition) is 6. The van der Waals surface area contributed by atoms with Crippen LogP contribution in [0, 0.1) is 0 Å². The smallest absolute Gasteiger partial charge is 0.253 e. The van der Waals surface area contributed by atoms with E-state index in [0.717, 1.165) is 10.6 Å². The molecule has 1 aromatic carbocycles. The minimum absolute atomic E-state index is 0.156. The van der Waals surface area contributed by atoms with Crippen LogP contribution in [0.2, 0.25) is 0 Å². The average Bonchev–Trinajstić information content (AvgIpc) is 2.51. The summed E-state index contributed by atoms with van der Waals surface area (Å²) in [4.78, 5) is 12.6. The lowest BCUT2D eigenvalue weighted by atomic mass is 10.1. The third-order valence-electron chi connectivity index (χ3n) is 3.38. The Hall–Kier alpha value is -2.00. The predicted molar refractivity (Wildman–Crippen MR) is 91.6 cm³/mol. The molecule has 0 aromatic heterocycles. The van der Waals surface area contributed by atoms with Gasteiger partial charge in [0.1, 0.15) is 0 Å². The van der Waals surface area contributed by atoms with E-state index in [-0.39, 0.29) is 17.3 Å². The molecule has 0 radical (unpaired) electrons. The number of carbonyl (C=O) groups excluding carboxylic acids is 1. The maximum Gasteiger partial charge on any atom is 0.253 e. The summed E-state index contributed by atoms with van der Waals surface area (Å²) in [5, 5.41) is 2.75. The zero-order valence-electron chi connectivity index (χ0n) is 14.7. The number of nitrogens with zero attached hydrogens (tertiary/aromatic N) is 1. The van der Waals surface area contributed by atoms with Crippen LogP contribution in [-0.2, 0) is 14.8 Å². The summed E-state index contributed by atoms with van der Waals surface area (Å²) in [7, 11) is 2.20. The van der Waals surface area contributed by atoms with Crippen LogP contribution >= 0.6 is 0 Å². The summed E-state index contributed by atoms with van der Waals surface area (Å²) in [5.41, 5.74) is 0.348. The summed E-state index contributed by atoms with van der Waals surface area (Å²) >= 11 is 0. The van der Waals surface area contributed by atoms with E-state index in [1.165, 1.54) is 40.5 Å². The van der Waals surface area contributed by atoms with Crippen molar-refractivity contribution in [1.29, 1.82) is 0 Å². The van der Waals surface area contributed by atoms with Crippen LogP contribution in [0.4, 0.5) is 5.69 Å². The molecule has 0 aliphatic rings. The number of nitrogens with one attached hydrogen (secondary N) is 1. The molecule has 0 heterocycles. The van der Waals surface area contributed by atoms with E-state index in [4.69, 9.17) is 14.2 Å². The molecular weight excluding hydrogens is 336 g/mol. The molecule has 9 heteroatoms. The Morgan fingerprint density at radius 2 is 1.75 bits per heavy atom. The highest BCUT2D eigenvalue weighted by molar-refractivity contribution is 7.92. The number of ether oxygens (including phenoxy) is 3. The Morgan fingerprint density at radius 3 is 2.21 bits per heavy atom. The highest BCUT2D eigenvalue weighted by atomic mass is 32.2. The van der Waals surface area contributed by atoms with E-state index in [1.54, 1.807) is 6.92 Å². The number of carbonyl (C=O) groups is 1. The van der Waals surface area contributed by atoms with Crippen LogP contribution in [-0.4, -0.2) is 61.6 Å². The monoisotopic (exact) mass is 360 g/mol. The molecule has 0 aliphatic heterocycles. The Kier molecular flexibility index (Phi) is 6.85. The normalized spacial score (nSPS) is 12.4. The fourth-order valence-electron chi connectivity index (χ4n) is 2.08. The summed E-state index contributed by atoms with van der Waals surface area (Å²) in [6, 6.07) is 2.66. The maximum absolute atomic E-state index is 12.6. The molecule has 8 nitrogen and oxygen atoms in total. The van der Waals surface area contributed by atoms with Gasteiger partial charge in [0.25, 0.3) is 5.91 Å². The second-order valence-electron chi connectivity index (χ2n) is 5.28. The van der Waals surface area contributed by atoms with Gasteiger partial charge in [-0.05, 0) is 13.0 Å². The van der Waals surface area contributed by atoms with Crippen LogP contribution in [0.1, 0.15) is 17.3 Å². The number of hydrogen-bond donors (Lipinski definition) is 1. The number of anilines is 1. The number of sulfonamides is 1. The van der Waals surface area contributed by atoms with Crippen molar-refractivity contribution in [3.05, 3.63) is 17.7 Å². The van der Waals surface area contributed by atoms with Crippen molar-refractivity contribution in [2.24, 2.45) is 0 Å². The van der Waals surface area contributed by atoms with E-state index in [1.807, 2.05) is 0 Å². The van der Waals surface area contributed by atoms with Crippen molar-refractivity contribution < 1.29 is 27.4 Å². The van der Waals surface area contributed by atoms with Gasteiger partial charge in [-0.15, -0.1) is 0 Å². The van der Waals surface area contributed by atoms with E-state index in [9.17, 15) is 13.2 Å². The van der Waals surface area contributed by atoms with Gasteiger partial charge in [-0.1, -0.05) is 0 Å². The molecule has 0 spiro atoms. The van der Waals surface area contributed by atoms with Crippen LogP contribution in [0.15, 0.2) is 12.1 Å². The molecule has 136 valence electrons. The van der Waals surface area contributed by atoms with E-state index in [0.29, 0.717) is 18.1 Å². The van der Waals surface area contributed by atoms with Gasteiger partial charge in [0.2, 0.25) is 10.0 Å². The molecule has 24 heavy (non-hydrogen) atoms. The molecule has 0 bridgehead atoms. The molecule has 0 aliphatic carbocycles. The van der Waals surface area contributed by atoms with Gasteiger partial charge in [0, 0.05) is 26.3 Å². The predicted octanol–water partition coefficient (Wildman–Crippen LogP) is 0.864. The standard InChI is InChI=1S/C15H24N2O6S/c1-10(9-21-3)16-15(18)11-7-13(22-4)14(23-5)8-12(11)17(2)24(6,19)20/h7-8,10H,9H2,1-6H3,(H,16,18)/t10-/m1/s1. The van der Waals surface area contributed by atoms with Crippen molar-refractivity contribution in [3.63, 3.8) is 0 Å².